The first-order chi connectivity index (χ1) is 25.8. The number of nitrogens with zero attached hydrogens (tertiary/aromatic N) is 3. The fraction of sp³-hybridized carbons (Fsp3) is 0. The van der Waals surface area contributed by atoms with Crippen molar-refractivity contribution in [3.8, 4) is 45.3 Å². The van der Waals surface area contributed by atoms with Gasteiger partial charge in [0.05, 0.1) is 8.22 Å². The van der Waals surface area contributed by atoms with Gasteiger partial charge >= 0.3 is 0 Å². The van der Waals surface area contributed by atoms with Crippen molar-refractivity contribution >= 4 is 74.9 Å². The topological polar surface area (TPSA) is 51.8 Å². The number of fused-ring (bicyclic) bond motifs is 7. The molecule has 47 heavy (non-hydrogen) atoms. The summed E-state index contributed by atoms with van der Waals surface area (Å²) < 4.78 is 64.3. The molecule has 0 aliphatic rings. The molecule has 0 saturated carbocycles. The Morgan fingerprint density at radius 3 is 2.15 bits per heavy atom. The second-order valence-corrected chi connectivity index (χ2v) is 13.2. The monoisotopic (exact) mass is 643 g/mol. The Morgan fingerprint density at radius 2 is 1.23 bits per heavy atom. The Hall–Kier alpha value is -5.69. The summed E-state index contributed by atoms with van der Waals surface area (Å²) in [6.45, 7) is 0. The second-order valence-electron chi connectivity index (χ2n) is 11.2. The molecule has 6 heteroatoms. The van der Waals surface area contributed by atoms with Crippen molar-refractivity contribution in [2.75, 3.05) is 0 Å². The normalized spacial score (nSPS) is 13.6. The van der Waals surface area contributed by atoms with Crippen molar-refractivity contribution in [3.63, 3.8) is 0 Å². The van der Waals surface area contributed by atoms with Crippen molar-refractivity contribution < 1.29 is 12.6 Å². The van der Waals surface area contributed by atoms with Crippen LogP contribution in [0.1, 0.15) is 8.22 Å². The number of furan rings is 1. The van der Waals surface area contributed by atoms with E-state index < -0.39 is 0 Å². The summed E-state index contributed by atoms with van der Waals surface area (Å²) in [4.78, 5) is 14.4. The highest BCUT2D eigenvalue weighted by atomic mass is 32.1. The van der Waals surface area contributed by atoms with E-state index >= 15 is 0 Å². The maximum Gasteiger partial charge on any atom is 0.164 e. The fourth-order valence-electron chi connectivity index (χ4n) is 5.96. The van der Waals surface area contributed by atoms with E-state index in [-0.39, 0.29) is 75.1 Å². The third-order valence-corrected chi connectivity index (χ3v) is 10.3. The molecule has 0 aliphatic carbocycles. The molecule has 10 aromatic rings. The number of aromatic nitrogens is 3. The molecule has 0 aliphatic heterocycles. The van der Waals surface area contributed by atoms with E-state index in [1.807, 2.05) is 90.3 Å². The highest BCUT2D eigenvalue weighted by Gasteiger charge is 2.16. The first-order valence-corrected chi connectivity index (χ1v) is 16.6. The van der Waals surface area contributed by atoms with Crippen LogP contribution >= 0.6 is 22.7 Å². The molecule has 6 aromatic carbocycles. The molecule has 0 spiro atoms. The lowest BCUT2D eigenvalue weighted by Gasteiger charge is -2.08. The third kappa shape index (κ3) is 4.45. The predicted octanol–water partition coefficient (Wildman–Crippen LogP) is 12.0. The van der Waals surface area contributed by atoms with E-state index in [2.05, 4.69) is 12.1 Å². The summed E-state index contributed by atoms with van der Waals surface area (Å²) in [6.07, 6.45) is 0. The van der Waals surface area contributed by atoms with Crippen LogP contribution in [0.15, 0.2) is 143 Å². The Balaban J connectivity index is 1.21. The minimum absolute atomic E-state index is 0.0273. The lowest BCUT2D eigenvalue weighted by molar-refractivity contribution is 0.669. The Kier molecular flexibility index (Phi) is 4.69. The summed E-state index contributed by atoms with van der Waals surface area (Å²) in [7, 11) is 0. The predicted molar refractivity (Wildman–Crippen MR) is 197 cm³/mol. The highest BCUT2D eigenvalue weighted by Crippen LogP contribution is 2.38. The quantitative estimate of drug-likeness (QED) is 0.191. The van der Waals surface area contributed by atoms with Gasteiger partial charge in [-0.2, -0.15) is 0 Å². The van der Waals surface area contributed by atoms with Crippen LogP contribution in [0.25, 0.3) is 97.5 Å². The maximum atomic E-state index is 9.39. The smallest absolute Gasteiger partial charge is 0.164 e. The standard InChI is InChI=1S/C41H23N3OS2/c1-2-6-25(7-3-1)39-42-40(44-41(43-39)29-13-16-32-31-8-4-5-9-36(31)47-38(32)23-29)28-12-15-30-33-20-26(14-17-34(33)45-35(30)21-28)27-11-10-24-18-19-46-37(24)22-27/h1-23H/i12D,14D,15D,17D,20D,21D. The zero-order chi connectivity index (χ0) is 36.1. The summed E-state index contributed by atoms with van der Waals surface area (Å²) >= 11 is 3.22. The van der Waals surface area contributed by atoms with Gasteiger partial charge in [-0.1, -0.05) is 84.9 Å². The molecule has 0 fully saturated rings. The number of benzene rings is 6. The van der Waals surface area contributed by atoms with Gasteiger partial charge in [0.2, 0.25) is 0 Å². The van der Waals surface area contributed by atoms with Gasteiger partial charge in [0.25, 0.3) is 0 Å². The molecule has 0 atom stereocenters. The highest BCUT2D eigenvalue weighted by molar-refractivity contribution is 7.25. The van der Waals surface area contributed by atoms with E-state index in [4.69, 9.17) is 22.1 Å². The molecule has 4 aromatic heterocycles. The SMILES string of the molecule is [2H]c1c(-c2ccc3ccsc3c2)c([2H])c2c(oc3c([2H])c(-c4nc(-c5ccccc5)nc(-c5ccc6c(c5)sc5ccccc56)n4)c([2H])c([2H])c32)c1[2H]. The van der Waals surface area contributed by atoms with Crippen LogP contribution in [-0.2, 0) is 0 Å². The van der Waals surface area contributed by atoms with Crippen molar-refractivity contribution in [3.05, 3.63) is 139 Å². The van der Waals surface area contributed by atoms with Crippen LogP contribution in [0.4, 0.5) is 0 Å². The van der Waals surface area contributed by atoms with Crippen molar-refractivity contribution in [1.82, 2.24) is 15.0 Å². The van der Waals surface area contributed by atoms with Gasteiger partial charge in [0, 0.05) is 52.3 Å². The Morgan fingerprint density at radius 1 is 0.489 bits per heavy atom. The average Bonchev–Trinajstić information content (AvgIpc) is 3.92. The van der Waals surface area contributed by atoms with Gasteiger partial charge in [-0.25, -0.2) is 15.0 Å². The lowest BCUT2D eigenvalue weighted by atomic mass is 10.0. The van der Waals surface area contributed by atoms with Crippen molar-refractivity contribution in [2.45, 2.75) is 0 Å². The van der Waals surface area contributed by atoms with Crippen LogP contribution in [0.5, 0.6) is 0 Å². The molecular weight excluding hydrogens is 615 g/mol. The van der Waals surface area contributed by atoms with Gasteiger partial charge < -0.3 is 4.42 Å². The average molecular weight is 644 g/mol. The number of hydrogen-bond acceptors (Lipinski definition) is 6. The Labute approximate surface area is 285 Å². The maximum absolute atomic E-state index is 9.39. The third-order valence-electron chi connectivity index (χ3n) is 8.28. The molecule has 4 nitrogen and oxygen atoms in total. The Bertz CT molecular complexity index is 3160. The van der Waals surface area contributed by atoms with E-state index in [1.165, 1.54) is 10.1 Å². The van der Waals surface area contributed by atoms with Gasteiger partial charge in [-0.05, 0) is 70.3 Å². The summed E-state index contributed by atoms with van der Waals surface area (Å²) in [5, 5.41) is 5.49. The molecule has 0 saturated heterocycles. The lowest BCUT2D eigenvalue weighted by Crippen LogP contribution is -2.00. The minimum Gasteiger partial charge on any atom is -0.456 e. The van der Waals surface area contributed by atoms with Crippen LogP contribution in [0.3, 0.4) is 0 Å². The van der Waals surface area contributed by atoms with E-state index in [0.717, 1.165) is 25.7 Å². The molecule has 0 bridgehead atoms. The first-order valence-electron chi connectivity index (χ1n) is 17.9. The van der Waals surface area contributed by atoms with Crippen molar-refractivity contribution in [1.29, 1.82) is 0 Å². The largest absolute Gasteiger partial charge is 0.456 e. The molecule has 0 radical (unpaired) electrons. The molecule has 0 N–H and O–H groups in total. The van der Waals surface area contributed by atoms with E-state index in [0.29, 0.717) is 22.8 Å². The zero-order valence-electron chi connectivity index (χ0n) is 30.4. The summed E-state index contributed by atoms with van der Waals surface area (Å²) in [5.74, 6) is 0.709. The summed E-state index contributed by atoms with van der Waals surface area (Å²) in [5.41, 5.74) is 2.09. The summed E-state index contributed by atoms with van der Waals surface area (Å²) in [6, 6.07) is 29.9. The van der Waals surface area contributed by atoms with Gasteiger partial charge in [0.15, 0.2) is 17.5 Å². The minimum atomic E-state index is -0.316. The van der Waals surface area contributed by atoms with E-state index in [1.54, 1.807) is 22.7 Å². The van der Waals surface area contributed by atoms with Gasteiger partial charge in [0.1, 0.15) is 11.2 Å². The van der Waals surface area contributed by atoms with Gasteiger partial charge in [-0.3, -0.25) is 0 Å². The fourth-order valence-corrected chi connectivity index (χ4v) is 7.93. The first kappa shape index (κ1) is 21.2. The van der Waals surface area contributed by atoms with Gasteiger partial charge in [-0.15, -0.1) is 22.7 Å². The molecule has 0 unspecified atom stereocenters. The molecular formula is C41H23N3OS2. The molecule has 4 heterocycles. The van der Waals surface area contributed by atoms with Crippen molar-refractivity contribution in [2.24, 2.45) is 0 Å². The van der Waals surface area contributed by atoms with Crippen LogP contribution in [0, 0.1) is 0 Å². The number of rotatable bonds is 4. The van der Waals surface area contributed by atoms with Crippen LogP contribution in [-0.4, -0.2) is 15.0 Å². The zero-order valence-corrected chi connectivity index (χ0v) is 26.0. The van der Waals surface area contributed by atoms with Crippen LogP contribution in [0.2, 0.25) is 0 Å². The molecule has 0 amide bonds. The van der Waals surface area contributed by atoms with E-state index in [9.17, 15) is 5.48 Å². The second kappa shape index (κ2) is 10.4. The number of hydrogen-bond donors (Lipinski definition) is 0. The molecule has 10 rings (SSSR count). The van der Waals surface area contributed by atoms with Crippen LogP contribution < -0.4 is 0 Å². The number of thiophene rings is 2. The molecule has 220 valence electrons.